The van der Waals surface area contributed by atoms with Gasteiger partial charge in [0.1, 0.15) is 0 Å². The number of aliphatic imine (C=N–C) groups is 1. The zero-order chi connectivity index (χ0) is 16.9. The highest BCUT2D eigenvalue weighted by molar-refractivity contribution is 5.86. The quantitative estimate of drug-likeness (QED) is 0.592. The molecule has 0 aliphatic heterocycles. The molecule has 2 unspecified atom stereocenters. The average molecular weight is 324 g/mol. The number of guanidine groups is 1. The first kappa shape index (κ1) is 18.0. The number of carbonyl (C=O) groups excluding carboxylic acids is 1. The summed E-state index contributed by atoms with van der Waals surface area (Å²) in [4.78, 5) is 17.6. The normalized spacial score (nSPS) is 26.5. The van der Waals surface area contributed by atoms with Crippen LogP contribution in [0.4, 0.5) is 0 Å². The van der Waals surface area contributed by atoms with E-state index in [0.717, 1.165) is 13.0 Å². The van der Waals surface area contributed by atoms with Crippen LogP contribution in [-0.2, 0) is 9.53 Å². The van der Waals surface area contributed by atoms with Crippen LogP contribution in [0.1, 0.15) is 45.4 Å². The van der Waals surface area contributed by atoms with E-state index < -0.39 is 0 Å². The zero-order valence-electron chi connectivity index (χ0n) is 15.0. The number of carbonyl (C=O) groups is 1. The average Bonchev–Trinajstić information content (AvgIpc) is 2.57. The van der Waals surface area contributed by atoms with Gasteiger partial charge in [-0.15, -0.1) is 0 Å². The molecule has 2 N–H and O–H groups in total. The summed E-state index contributed by atoms with van der Waals surface area (Å²) < 4.78 is 5.99. The number of hydrogen-bond donors (Lipinski definition) is 2. The van der Waals surface area contributed by atoms with Crippen molar-refractivity contribution < 1.29 is 9.53 Å². The standard InChI is InChI=1S/C17H32N4O2/c1-5-23-14-11-13(17(14)9-7-6-8-10-17)20-16(18-2)19-12-15(22)21(3)4/h13-14H,5-12H2,1-4H3,(H2,18,19,20). The summed E-state index contributed by atoms with van der Waals surface area (Å²) in [7, 11) is 5.27. The largest absolute Gasteiger partial charge is 0.378 e. The minimum Gasteiger partial charge on any atom is -0.378 e. The van der Waals surface area contributed by atoms with Gasteiger partial charge >= 0.3 is 0 Å². The molecular formula is C17H32N4O2. The minimum atomic E-state index is 0.0427. The molecule has 6 heteroatoms. The van der Waals surface area contributed by atoms with Crippen molar-refractivity contribution in [3.63, 3.8) is 0 Å². The van der Waals surface area contributed by atoms with Crippen molar-refractivity contribution in [3.8, 4) is 0 Å². The van der Waals surface area contributed by atoms with Gasteiger partial charge in [-0.05, 0) is 26.2 Å². The number of likely N-dealkylation sites (N-methyl/N-ethyl adjacent to an activating group) is 1. The third kappa shape index (κ3) is 3.97. The lowest BCUT2D eigenvalue weighted by molar-refractivity contribution is -0.145. The van der Waals surface area contributed by atoms with Gasteiger partial charge < -0.3 is 20.3 Å². The highest BCUT2D eigenvalue weighted by Crippen LogP contribution is 2.53. The van der Waals surface area contributed by atoms with E-state index in [-0.39, 0.29) is 17.9 Å². The molecule has 1 spiro atoms. The molecule has 2 aliphatic carbocycles. The summed E-state index contributed by atoms with van der Waals surface area (Å²) in [5, 5.41) is 6.66. The van der Waals surface area contributed by atoms with Gasteiger partial charge in [0.05, 0.1) is 12.6 Å². The van der Waals surface area contributed by atoms with E-state index in [4.69, 9.17) is 4.74 Å². The smallest absolute Gasteiger partial charge is 0.241 e. The van der Waals surface area contributed by atoms with E-state index in [0.29, 0.717) is 18.1 Å². The van der Waals surface area contributed by atoms with Crippen LogP contribution in [0.25, 0.3) is 0 Å². The van der Waals surface area contributed by atoms with Crippen molar-refractivity contribution in [1.29, 1.82) is 0 Å². The van der Waals surface area contributed by atoms with Crippen LogP contribution >= 0.6 is 0 Å². The third-order valence-electron chi connectivity index (χ3n) is 5.38. The topological polar surface area (TPSA) is 66.0 Å². The van der Waals surface area contributed by atoms with Gasteiger partial charge in [0.15, 0.2) is 5.96 Å². The molecule has 0 aromatic carbocycles. The lowest BCUT2D eigenvalue weighted by Gasteiger charge is -2.57. The predicted molar refractivity (Wildman–Crippen MR) is 92.5 cm³/mol. The molecule has 0 aromatic rings. The molecule has 0 radical (unpaired) electrons. The summed E-state index contributed by atoms with van der Waals surface area (Å²) in [6, 6.07) is 0.389. The molecule has 6 nitrogen and oxygen atoms in total. The van der Waals surface area contributed by atoms with Crippen molar-refractivity contribution in [2.24, 2.45) is 10.4 Å². The Morgan fingerprint density at radius 3 is 2.57 bits per heavy atom. The fraction of sp³-hybridized carbons (Fsp3) is 0.882. The number of hydrogen-bond acceptors (Lipinski definition) is 3. The molecule has 2 fully saturated rings. The Morgan fingerprint density at radius 1 is 1.30 bits per heavy atom. The summed E-state index contributed by atoms with van der Waals surface area (Å²) in [5.74, 6) is 0.756. The molecule has 0 heterocycles. The molecule has 2 aliphatic rings. The Morgan fingerprint density at radius 2 is 2.00 bits per heavy atom. The maximum Gasteiger partial charge on any atom is 0.241 e. The van der Waals surface area contributed by atoms with Crippen LogP contribution in [0.2, 0.25) is 0 Å². The summed E-state index contributed by atoms with van der Waals surface area (Å²) in [6.45, 7) is 3.12. The van der Waals surface area contributed by atoms with Crippen LogP contribution in [-0.4, -0.2) is 63.2 Å². The van der Waals surface area contributed by atoms with Gasteiger partial charge in [0.2, 0.25) is 5.91 Å². The summed E-state index contributed by atoms with van der Waals surface area (Å²) in [5.41, 5.74) is 0.247. The van der Waals surface area contributed by atoms with Crippen LogP contribution in [0.5, 0.6) is 0 Å². The van der Waals surface area contributed by atoms with Crippen molar-refractivity contribution in [2.45, 2.75) is 57.6 Å². The third-order valence-corrected chi connectivity index (χ3v) is 5.38. The van der Waals surface area contributed by atoms with Gasteiger partial charge in [-0.3, -0.25) is 9.79 Å². The lowest BCUT2D eigenvalue weighted by atomic mass is 9.55. The first-order valence-corrected chi connectivity index (χ1v) is 8.82. The molecule has 2 saturated carbocycles. The monoisotopic (exact) mass is 324 g/mol. The Balaban J connectivity index is 1.93. The van der Waals surface area contributed by atoms with Gasteiger partial charge in [0.25, 0.3) is 0 Å². The second-order valence-corrected chi connectivity index (χ2v) is 6.88. The second-order valence-electron chi connectivity index (χ2n) is 6.88. The molecule has 0 bridgehead atoms. The van der Waals surface area contributed by atoms with Crippen LogP contribution < -0.4 is 10.6 Å². The zero-order valence-corrected chi connectivity index (χ0v) is 15.0. The minimum absolute atomic E-state index is 0.0427. The molecule has 1 amide bonds. The van der Waals surface area contributed by atoms with E-state index >= 15 is 0 Å². The van der Waals surface area contributed by atoms with Crippen LogP contribution in [0.15, 0.2) is 4.99 Å². The maximum atomic E-state index is 11.7. The molecule has 0 saturated heterocycles. The van der Waals surface area contributed by atoms with E-state index in [1.165, 1.54) is 32.1 Å². The Kier molecular flexibility index (Phi) is 6.27. The fourth-order valence-electron chi connectivity index (χ4n) is 3.94. The number of ether oxygens (including phenoxy) is 1. The first-order chi connectivity index (χ1) is 11.0. The second kappa shape index (κ2) is 7.99. The van der Waals surface area contributed by atoms with Crippen molar-refractivity contribution in [1.82, 2.24) is 15.5 Å². The van der Waals surface area contributed by atoms with E-state index in [2.05, 4.69) is 22.5 Å². The number of nitrogens with one attached hydrogen (secondary N) is 2. The molecule has 2 rings (SSSR count). The van der Waals surface area contributed by atoms with Gasteiger partial charge in [-0.2, -0.15) is 0 Å². The van der Waals surface area contributed by atoms with E-state index in [1.54, 1.807) is 26.0 Å². The van der Waals surface area contributed by atoms with Gasteiger partial charge in [-0.1, -0.05) is 19.3 Å². The number of rotatable bonds is 5. The maximum absolute atomic E-state index is 11.7. The van der Waals surface area contributed by atoms with E-state index in [1.807, 2.05) is 0 Å². The van der Waals surface area contributed by atoms with Crippen molar-refractivity contribution in [3.05, 3.63) is 0 Å². The molecule has 132 valence electrons. The van der Waals surface area contributed by atoms with Gasteiger partial charge in [-0.25, -0.2) is 0 Å². The molecule has 23 heavy (non-hydrogen) atoms. The van der Waals surface area contributed by atoms with Crippen LogP contribution in [0.3, 0.4) is 0 Å². The van der Waals surface area contributed by atoms with Crippen molar-refractivity contribution >= 4 is 11.9 Å². The van der Waals surface area contributed by atoms with Crippen LogP contribution in [0, 0.1) is 5.41 Å². The molecular weight excluding hydrogens is 292 g/mol. The fourth-order valence-corrected chi connectivity index (χ4v) is 3.94. The van der Waals surface area contributed by atoms with Gasteiger partial charge in [0, 0.05) is 39.2 Å². The summed E-state index contributed by atoms with van der Waals surface area (Å²) in [6.07, 6.45) is 7.74. The Hall–Kier alpha value is -1.30. The first-order valence-electron chi connectivity index (χ1n) is 8.82. The van der Waals surface area contributed by atoms with E-state index in [9.17, 15) is 4.79 Å². The molecule has 0 aromatic heterocycles. The molecule has 2 atom stereocenters. The Bertz CT molecular complexity index is 430. The van der Waals surface area contributed by atoms with Crippen molar-refractivity contribution in [2.75, 3.05) is 34.3 Å². The number of nitrogens with zero attached hydrogens (tertiary/aromatic N) is 2. The SMILES string of the molecule is CCOC1CC(NC(=NC)NCC(=O)N(C)C)C12CCCCC2. The highest BCUT2D eigenvalue weighted by Gasteiger charge is 2.55. The lowest BCUT2D eigenvalue weighted by Crippen LogP contribution is -2.66. The Labute approximate surface area is 140 Å². The number of amides is 1. The highest BCUT2D eigenvalue weighted by atomic mass is 16.5. The summed E-state index contributed by atoms with van der Waals surface area (Å²) >= 11 is 0. The predicted octanol–water partition coefficient (Wildman–Crippen LogP) is 1.37.